The average Bonchev–Trinajstić information content (AvgIpc) is 2.79. The van der Waals surface area contributed by atoms with E-state index in [2.05, 4.69) is 5.32 Å². The quantitative estimate of drug-likeness (QED) is 0.433. The normalized spacial score (nSPS) is 21.9. The van der Waals surface area contributed by atoms with E-state index in [0.717, 1.165) is 10.5 Å². The van der Waals surface area contributed by atoms with Crippen LogP contribution in [0.25, 0.3) is 0 Å². The molecule has 159 valence electrons. The lowest BCUT2D eigenvalue weighted by molar-refractivity contribution is -0.646. The maximum atomic E-state index is 12.9. The van der Waals surface area contributed by atoms with E-state index in [-0.39, 0.29) is 17.6 Å². The Labute approximate surface area is 169 Å². The molecule has 3 atom stereocenters. The lowest BCUT2D eigenvalue weighted by Gasteiger charge is -2.24. The smallest absolute Gasteiger partial charge is 0.323 e. The molecule has 1 fully saturated rings. The third-order valence-electron chi connectivity index (χ3n) is 4.89. The highest BCUT2D eigenvalue weighted by molar-refractivity contribution is 7.89. The Hall–Kier alpha value is -2.53. The molecule has 1 aromatic heterocycles. The first-order chi connectivity index (χ1) is 13.5. The van der Waals surface area contributed by atoms with Crippen molar-refractivity contribution in [3.63, 3.8) is 0 Å². The summed E-state index contributed by atoms with van der Waals surface area (Å²) in [5, 5.41) is 14.0. The fraction of sp³-hybridized carbons (Fsp3) is 0.500. The van der Waals surface area contributed by atoms with Crippen molar-refractivity contribution in [1.82, 2.24) is 9.62 Å². The van der Waals surface area contributed by atoms with Crippen molar-refractivity contribution in [2.45, 2.75) is 50.2 Å². The first-order valence-corrected chi connectivity index (χ1v) is 10.6. The van der Waals surface area contributed by atoms with Crippen LogP contribution in [0, 0.1) is 17.5 Å². The number of hydrogen-bond donors (Lipinski definition) is 2. The highest BCUT2D eigenvalue weighted by Gasteiger charge is 2.40. The monoisotopic (exact) mass is 425 g/mol. The number of carbonyl (C=O) groups is 3. The SMILES string of the molecule is C[C@@H]1CC[C@H](NC(=O)[CH]C[C@H](C)C(N)=O)C(=O)CN1S(=O)(=O)c1cccc[n+]1[O-]. The van der Waals surface area contributed by atoms with Crippen LogP contribution in [0.15, 0.2) is 29.4 Å². The van der Waals surface area contributed by atoms with E-state index in [1.54, 1.807) is 13.8 Å². The molecule has 1 aliphatic rings. The van der Waals surface area contributed by atoms with E-state index in [1.807, 2.05) is 0 Å². The third kappa shape index (κ3) is 5.51. The van der Waals surface area contributed by atoms with Gasteiger partial charge in [0.1, 0.15) is 0 Å². The number of nitrogens with two attached hydrogens (primary N) is 1. The number of amides is 2. The number of pyridine rings is 1. The fourth-order valence-electron chi connectivity index (χ4n) is 2.97. The number of nitrogens with one attached hydrogen (secondary N) is 1. The number of carbonyl (C=O) groups excluding carboxylic acids is 3. The second-order valence-corrected chi connectivity index (χ2v) is 8.95. The van der Waals surface area contributed by atoms with Gasteiger partial charge >= 0.3 is 15.0 Å². The van der Waals surface area contributed by atoms with Crippen molar-refractivity contribution in [3.8, 4) is 0 Å². The van der Waals surface area contributed by atoms with Crippen molar-refractivity contribution in [3.05, 3.63) is 36.0 Å². The molecule has 2 rings (SSSR count). The molecule has 0 spiro atoms. The van der Waals surface area contributed by atoms with Gasteiger partial charge in [-0.15, -0.1) is 0 Å². The number of sulfonamides is 1. The number of aromatic nitrogens is 1. The summed E-state index contributed by atoms with van der Waals surface area (Å²) in [5.41, 5.74) is 5.15. The van der Waals surface area contributed by atoms with Gasteiger partial charge in [-0.3, -0.25) is 14.4 Å². The van der Waals surface area contributed by atoms with Crippen LogP contribution in [0.3, 0.4) is 0 Å². The van der Waals surface area contributed by atoms with E-state index in [1.165, 1.54) is 24.6 Å². The van der Waals surface area contributed by atoms with Crippen molar-refractivity contribution < 1.29 is 27.5 Å². The Kier molecular flexibility index (Phi) is 7.31. The molecule has 1 saturated heterocycles. The number of ketones is 1. The summed E-state index contributed by atoms with van der Waals surface area (Å²) in [6.07, 6.45) is 3.03. The van der Waals surface area contributed by atoms with Crippen LogP contribution >= 0.6 is 0 Å². The number of primary amides is 1. The standard InChI is InChI=1S/C18H25N4O6S/c1-12(18(19)25)6-9-16(24)20-14-8-7-13(2)22(11-15(14)23)29(27,28)17-5-3-4-10-21(17)26/h3-5,9-10,12-14H,6-8,11H2,1-2H3,(H2,19,25)(H,20,24)/t12-,13+,14-/m0/s1. The van der Waals surface area contributed by atoms with Crippen LogP contribution in [0.2, 0.25) is 0 Å². The highest BCUT2D eigenvalue weighted by Crippen LogP contribution is 2.22. The summed E-state index contributed by atoms with van der Waals surface area (Å²) in [7, 11) is -4.19. The Balaban J connectivity index is 2.10. The van der Waals surface area contributed by atoms with E-state index in [0.29, 0.717) is 6.42 Å². The average molecular weight is 425 g/mol. The molecule has 0 unspecified atom stereocenters. The van der Waals surface area contributed by atoms with Gasteiger partial charge in [0, 0.05) is 24.1 Å². The second-order valence-electron chi connectivity index (χ2n) is 7.11. The Morgan fingerprint density at radius 2 is 2.10 bits per heavy atom. The second kappa shape index (κ2) is 9.31. The number of Topliss-reactive ketones (excluding diaryl/α,β-unsaturated/α-hetero) is 1. The van der Waals surface area contributed by atoms with E-state index < -0.39 is 57.2 Å². The van der Waals surface area contributed by atoms with Gasteiger partial charge in [-0.25, -0.2) is 8.42 Å². The predicted octanol–water partition coefficient (Wildman–Crippen LogP) is -0.737. The zero-order chi connectivity index (χ0) is 21.8. The van der Waals surface area contributed by atoms with Gasteiger partial charge in [-0.2, -0.15) is 9.04 Å². The zero-order valence-corrected chi connectivity index (χ0v) is 17.1. The first kappa shape index (κ1) is 22.8. The Bertz CT molecular complexity index is 888. The molecule has 29 heavy (non-hydrogen) atoms. The van der Waals surface area contributed by atoms with Gasteiger partial charge in [0.2, 0.25) is 11.8 Å². The highest BCUT2D eigenvalue weighted by atomic mass is 32.2. The maximum Gasteiger partial charge on any atom is 0.323 e. The molecular weight excluding hydrogens is 400 g/mol. The van der Waals surface area contributed by atoms with Crippen molar-refractivity contribution in [2.75, 3.05) is 6.54 Å². The summed E-state index contributed by atoms with van der Waals surface area (Å²) in [6.45, 7) is 2.77. The van der Waals surface area contributed by atoms with E-state index in [4.69, 9.17) is 5.73 Å². The summed E-state index contributed by atoms with van der Waals surface area (Å²) in [4.78, 5) is 35.7. The zero-order valence-electron chi connectivity index (χ0n) is 16.3. The molecule has 11 heteroatoms. The van der Waals surface area contributed by atoms with Gasteiger partial charge in [-0.1, -0.05) is 6.92 Å². The maximum absolute atomic E-state index is 12.9. The number of rotatable bonds is 7. The van der Waals surface area contributed by atoms with Crippen LogP contribution in [0.5, 0.6) is 0 Å². The summed E-state index contributed by atoms with van der Waals surface area (Å²) >= 11 is 0. The molecule has 0 aromatic carbocycles. The molecule has 0 bridgehead atoms. The van der Waals surface area contributed by atoms with Gasteiger partial charge in [0.25, 0.3) is 0 Å². The lowest BCUT2D eigenvalue weighted by Crippen LogP contribution is -2.47. The van der Waals surface area contributed by atoms with Crippen molar-refractivity contribution >= 4 is 27.6 Å². The summed E-state index contributed by atoms with van der Waals surface area (Å²) < 4.78 is 27.0. The first-order valence-electron chi connectivity index (χ1n) is 9.19. The minimum atomic E-state index is -4.19. The molecular formula is C18H25N4O6S. The number of nitrogens with zero attached hydrogens (tertiary/aromatic N) is 2. The van der Waals surface area contributed by atoms with Gasteiger partial charge in [-0.05, 0) is 32.3 Å². The molecule has 1 aliphatic heterocycles. The lowest BCUT2D eigenvalue weighted by atomic mass is 10.0. The Morgan fingerprint density at radius 1 is 1.41 bits per heavy atom. The van der Waals surface area contributed by atoms with Gasteiger partial charge in [0.05, 0.1) is 19.0 Å². The minimum absolute atomic E-state index is 0.135. The fourth-order valence-corrected chi connectivity index (χ4v) is 4.63. The van der Waals surface area contributed by atoms with E-state index >= 15 is 0 Å². The summed E-state index contributed by atoms with van der Waals surface area (Å²) in [6, 6.07) is 2.62. The molecule has 2 heterocycles. The van der Waals surface area contributed by atoms with Crippen LogP contribution in [0.1, 0.15) is 33.1 Å². The molecule has 0 aliphatic carbocycles. The molecule has 3 N–H and O–H groups in total. The van der Waals surface area contributed by atoms with E-state index in [9.17, 15) is 28.0 Å². The third-order valence-corrected chi connectivity index (χ3v) is 6.84. The minimum Gasteiger partial charge on any atom is -0.618 e. The van der Waals surface area contributed by atoms with Crippen LogP contribution < -0.4 is 15.8 Å². The molecule has 2 amide bonds. The molecule has 10 nitrogen and oxygen atoms in total. The Morgan fingerprint density at radius 3 is 2.72 bits per heavy atom. The molecule has 1 aromatic rings. The van der Waals surface area contributed by atoms with Crippen LogP contribution in [0.4, 0.5) is 0 Å². The van der Waals surface area contributed by atoms with Crippen molar-refractivity contribution in [2.24, 2.45) is 11.7 Å². The largest absolute Gasteiger partial charge is 0.618 e. The predicted molar refractivity (Wildman–Crippen MR) is 102 cm³/mol. The summed E-state index contributed by atoms with van der Waals surface area (Å²) in [5.74, 6) is -2.06. The van der Waals surface area contributed by atoms with Gasteiger partial charge in [0.15, 0.2) is 12.0 Å². The van der Waals surface area contributed by atoms with Crippen LogP contribution in [-0.4, -0.2) is 48.9 Å². The molecule has 0 saturated carbocycles. The number of hydrogen-bond acceptors (Lipinski definition) is 6. The topological polar surface area (TPSA) is 154 Å². The molecule has 1 radical (unpaired) electrons. The van der Waals surface area contributed by atoms with Crippen molar-refractivity contribution in [1.29, 1.82) is 0 Å². The van der Waals surface area contributed by atoms with Crippen LogP contribution in [-0.2, 0) is 24.4 Å². The van der Waals surface area contributed by atoms with Gasteiger partial charge < -0.3 is 16.3 Å².